The third kappa shape index (κ3) is 3.90. The minimum absolute atomic E-state index is 0.00911. The van der Waals surface area contributed by atoms with Crippen molar-refractivity contribution >= 4 is 34.3 Å². The predicted molar refractivity (Wildman–Crippen MR) is 137 cm³/mol. The molecule has 1 aromatic heterocycles. The molecule has 2 atom stereocenters. The molecule has 176 valence electrons. The molecule has 0 saturated carbocycles. The lowest BCUT2D eigenvalue weighted by atomic mass is 9.86. The van der Waals surface area contributed by atoms with Gasteiger partial charge in [-0.3, -0.25) is 9.59 Å². The zero-order valence-corrected chi connectivity index (χ0v) is 20.0. The maximum absolute atomic E-state index is 13.8. The number of aryl methyl sites for hydroxylation is 1. The van der Waals surface area contributed by atoms with Crippen LogP contribution in [0.1, 0.15) is 34.8 Å². The largest absolute Gasteiger partial charge is 0.356 e. The molecule has 1 saturated heterocycles. The standard InChI is InChI=1S/C29H26ClN3O2/c30-23-12-6-4-10-20(23)17-32-18-27(34)33-25(15-14-19-8-2-1-3-9-19)28-22(16-26(33)29(32)35)21-11-5-7-13-24(21)31-28/h1-13,25-26,31H,14-18H2/t25?,26-/m0/s1. The molecule has 4 aromatic rings. The van der Waals surface area contributed by atoms with Crippen LogP contribution in [-0.4, -0.2) is 39.2 Å². The van der Waals surface area contributed by atoms with Crippen molar-refractivity contribution in [2.45, 2.75) is 37.9 Å². The van der Waals surface area contributed by atoms with Crippen LogP contribution in [0, 0.1) is 0 Å². The highest BCUT2D eigenvalue weighted by Crippen LogP contribution is 2.41. The molecule has 6 heteroatoms. The third-order valence-corrected chi connectivity index (χ3v) is 7.70. The van der Waals surface area contributed by atoms with Crippen LogP contribution in [0.25, 0.3) is 10.9 Å². The summed E-state index contributed by atoms with van der Waals surface area (Å²) >= 11 is 6.37. The van der Waals surface area contributed by atoms with E-state index in [0.717, 1.165) is 40.6 Å². The molecule has 3 aromatic carbocycles. The molecule has 35 heavy (non-hydrogen) atoms. The van der Waals surface area contributed by atoms with E-state index >= 15 is 0 Å². The van der Waals surface area contributed by atoms with E-state index in [9.17, 15) is 9.59 Å². The van der Waals surface area contributed by atoms with Crippen LogP contribution in [0.5, 0.6) is 0 Å². The number of carbonyl (C=O) groups is 2. The highest BCUT2D eigenvalue weighted by Gasteiger charge is 2.47. The molecule has 5 nitrogen and oxygen atoms in total. The summed E-state index contributed by atoms with van der Waals surface area (Å²) in [6.07, 6.45) is 2.10. The van der Waals surface area contributed by atoms with E-state index < -0.39 is 6.04 Å². The number of fused-ring (bicyclic) bond motifs is 4. The number of H-pyrrole nitrogens is 1. The van der Waals surface area contributed by atoms with Crippen molar-refractivity contribution in [3.05, 3.63) is 106 Å². The highest BCUT2D eigenvalue weighted by atomic mass is 35.5. The third-order valence-electron chi connectivity index (χ3n) is 7.33. The van der Waals surface area contributed by atoms with E-state index in [4.69, 9.17) is 11.6 Å². The summed E-state index contributed by atoms with van der Waals surface area (Å²) in [7, 11) is 0. The van der Waals surface area contributed by atoms with E-state index in [1.807, 2.05) is 59.5 Å². The Morgan fingerprint density at radius 1 is 0.914 bits per heavy atom. The van der Waals surface area contributed by atoms with Crippen LogP contribution in [0.15, 0.2) is 78.9 Å². The Labute approximate surface area is 209 Å². The van der Waals surface area contributed by atoms with Crippen molar-refractivity contribution in [2.75, 3.05) is 6.54 Å². The second-order valence-corrected chi connectivity index (χ2v) is 9.82. The first-order chi connectivity index (χ1) is 17.1. The number of aromatic nitrogens is 1. The maximum atomic E-state index is 13.8. The summed E-state index contributed by atoms with van der Waals surface area (Å²) in [6.45, 7) is 0.405. The normalized spacial score (nSPS) is 19.7. The number of carbonyl (C=O) groups excluding carboxylic acids is 2. The van der Waals surface area contributed by atoms with Crippen molar-refractivity contribution in [1.82, 2.24) is 14.8 Å². The molecule has 1 fully saturated rings. The lowest BCUT2D eigenvalue weighted by Crippen LogP contribution is -2.62. The number of benzene rings is 3. The fourth-order valence-corrected chi connectivity index (χ4v) is 5.85. The Morgan fingerprint density at radius 3 is 2.49 bits per heavy atom. The first kappa shape index (κ1) is 21.9. The number of nitrogens with zero attached hydrogens (tertiary/aromatic N) is 2. The number of aromatic amines is 1. The quantitative estimate of drug-likeness (QED) is 0.419. The van der Waals surface area contributed by atoms with Crippen LogP contribution in [0.3, 0.4) is 0 Å². The van der Waals surface area contributed by atoms with Gasteiger partial charge >= 0.3 is 0 Å². The number of rotatable bonds is 5. The SMILES string of the molecule is O=C1[C@@H]2Cc3c([nH]c4ccccc34)C(CCc3ccccc3)N2C(=O)CN1Cc1ccccc1Cl. The summed E-state index contributed by atoms with van der Waals surface area (Å²) in [5.41, 5.74) is 5.35. The molecule has 0 radical (unpaired) electrons. The summed E-state index contributed by atoms with van der Waals surface area (Å²) in [5.74, 6) is -0.0193. The van der Waals surface area contributed by atoms with Crippen LogP contribution in [0.2, 0.25) is 5.02 Å². The van der Waals surface area contributed by atoms with Crippen molar-refractivity contribution in [3.63, 3.8) is 0 Å². The zero-order valence-electron chi connectivity index (χ0n) is 19.3. The highest BCUT2D eigenvalue weighted by molar-refractivity contribution is 6.31. The first-order valence-electron chi connectivity index (χ1n) is 12.1. The van der Waals surface area contributed by atoms with Gasteiger partial charge in [-0.2, -0.15) is 0 Å². The number of piperazine rings is 1. The molecular formula is C29H26ClN3O2. The minimum atomic E-state index is -0.508. The molecular weight excluding hydrogens is 458 g/mol. The minimum Gasteiger partial charge on any atom is -0.356 e. The second kappa shape index (κ2) is 8.90. The maximum Gasteiger partial charge on any atom is 0.246 e. The lowest BCUT2D eigenvalue weighted by Gasteiger charge is -2.47. The molecule has 1 unspecified atom stereocenters. The number of hydrogen-bond donors (Lipinski definition) is 1. The van der Waals surface area contributed by atoms with Crippen LogP contribution < -0.4 is 0 Å². The molecule has 1 N–H and O–H groups in total. The Hall–Kier alpha value is -3.57. The van der Waals surface area contributed by atoms with Gasteiger partial charge < -0.3 is 14.8 Å². The van der Waals surface area contributed by atoms with Gasteiger partial charge in [-0.15, -0.1) is 0 Å². The van der Waals surface area contributed by atoms with Crippen LogP contribution in [0.4, 0.5) is 0 Å². The zero-order chi connectivity index (χ0) is 23.9. The Balaban J connectivity index is 1.37. The van der Waals surface area contributed by atoms with E-state index in [2.05, 4.69) is 29.2 Å². The molecule has 2 aliphatic rings. The van der Waals surface area contributed by atoms with E-state index in [1.54, 1.807) is 4.90 Å². The Kier molecular flexibility index (Phi) is 5.57. The summed E-state index contributed by atoms with van der Waals surface area (Å²) in [4.78, 5) is 34.5. The average molecular weight is 484 g/mol. The van der Waals surface area contributed by atoms with E-state index in [0.29, 0.717) is 18.0 Å². The number of hydrogen-bond acceptors (Lipinski definition) is 2. The van der Waals surface area contributed by atoms with Crippen molar-refractivity contribution < 1.29 is 9.59 Å². The van der Waals surface area contributed by atoms with Gasteiger partial charge in [0, 0.05) is 34.6 Å². The van der Waals surface area contributed by atoms with E-state index in [-0.39, 0.29) is 24.4 Å². The number of halogens is 1. The molecule has 2 aliphatic heterocycles. The van der Waals surface area contributed by atoms with Crippen molar-refractivity contribution in [1.29, 1.82) is 0 Å². The van der Waals surface area contributed by atoms with E-state index in [1.165, 1.54) is 5.56 Å². The van der Waals surface area contributed by atoms with Crippen molar-refractivity contribution in [2.24, 2.45) is 0 Å². The molecule has 0 spiro atoms. The van der Waals surface area contributed by atoms with Gasteiger partial charge in [0.15, 0.2) is 0 Å². The number of amides is 2. The number of para-hydroxylation sites is 1. The second-order valence-electron chi connectivity index (χ2n) is 9.41. The topological polar surface area (TPSA) is 56.4 Å². The molecule has 0 bridgehead atoms. The van der Waals surface area contributed by atoms with Gasteiger partial charge in [-0.1, -0.05) is 78.3 Å². The molecule has 3 heterocycles. The number of nitrogens with one attached hydrogen (secondary N) is 1. The summed E-state index contributed by atoms with van der Waals surface area (Å²) in [6, 6.07) is 25.3. The predicted octanol–water partition coefficient (Wildman–Crippen LogP) is 5.29. The van der Waals surface area contributed by atoms with Crippen molar-refractivity contribution in [3.8, 4) is 0 Å². The van der Waals surface area contributed by atoms with Gasteiger partial charge in [0.2, 0.25) is 11.8 Å². The molecule has 2 amide bonds. The summed E-state index contributed by atoms with van der Waals surface area (Å²) < 4.78 is 0. The van der Waals surface area contributed by atoms with Crippen LogP contribution in [-0.2, 0) is 29.0 Å². The fraction of sp³-hybridized carbons (Fsp3) is 0.241. The van der Waals surface area contributed by atoms with Crippen LogP contribution >= 0.6 is 11.6 Å². The lowest BCUT2D eigenvalue weighted by molar-refractivity contribution is -0.160. The van der Waals surface area contributed by atoms with Gasteiger partial charge in [0.05, 0.1) is 6.04 Å². The first-order valence-corrected chi connectivity index (χ1v) is 12.4. The summed E-state index contributed by atoms with van der Waals surface area (Å²) in [5, 5.41) is 1.74. The van der Waals surface area contributed by atoms with Gasteiger partial charge in [-0.05, 0) is 41.7 Å². The Morgan fingerprint density at radius 2 is 1.66 bits per heavy atom. The van der Waals surface area contributed by atoms with Gasteiger partial charge in [0.1, 0.15) is 12.6 Å². The van der Waals surface area contributed by atoms with Gasteiger partial charge in [0.25, 0.3) is 0 Å². The smallest absolute Gasteiger partial charge is 0.246 e. The fourth-order valence-electron chi connectivity index (χ4n) is 5.66. The molecule has 6 rings (SSSR count). The van der Waals surface area contributed by atoms with Gasteiger partial charge in [-0.25, -0.2) is 0 Å². The monoisotopic (exact) mass is 483 g/mol. The molecule has 0 aliphatic carbocycles. The Bertz CT molecular complexity index is 1410. The average Bonchev–Trinajstić information content (AvgIpc) is 3.25.